The first kappa shape index (κ1) is 12.9. The van der Waals surface area contributed by atoms with E-state index in [1.807, 2.05) is 0 Å². The average molecular weight is 252 g/mol. The van der Waals surface area contributed by atoms with E-state index in [0.29, 0.717) is 6.42 Å². The molecule has 1 aromatic heterocycles. The number of unbranched alkanes of at least 4 members (excludes halogenated alkanes) is 1. The van der Waals surface area contributed by atoms with E-state index in [2.05, 4.69) is 30.8 Å². The van der Waals surface area contributed by atoms with Gasteiger partial charge in [-0.2, -0.15) is 5.21 Å². The molecule has 100 valence electrons. The minimum Gasteiger partial charge on any atom is -0.303 e. The molecule has 0 aliphatic carbocycles. The molecule has 2 heterocycles. The quantitative estimate of drug-likeness (QED) is 0.731. The number of nitrogens with one attached hydrogen (secondary N) is 2. The van der Waals surface area contributed by atoms with Gasteiger partial charge in [-0.1, -0.05) is 11.5 Å². The number of nitrogens with zero attached hydrogens (tertiary/aromatic N) is 4. The highest BCUT2D eigenvalue weighted by atomic mass is 16.1. The van der Waals surface area contributed by atoms with Gasteiger partial charge in [0.25, 0.3) is 5.95 Å². The average Bonchev–Trinajstić information content (AvgIpc) is 2.89. The Kier molecular flexibility index (Phi) is 5.07. The summed E-state index contributed by atoms with van der Waals surface area (Å²) in [5.41, 5.74) is 0. The molecule has 1 fully saturated rings. The van der Waals surface area contributed by atoms with Crippen LogP contribution in [-0.2, 0) is 4.79 Å². The van der Waals surface area contributed by atoms with Crippen molar-refractivity contribution < 1.29 is 4.79 Å². The highest BCUT2D eigenvalue weighted by Crippen LogP contribution is 2.10. The molecular weight excluding hydrogens is 232 g/mol. The third kappa shape index (κ3) is 4.40. The Labute approximate surface area is 106 Å². The summed E-state index contributed by atoms with van der Waals surface area (Å²) < 4.78 is 0. The third-order valence-corrected chi connectivity index (χ3v) is 3.17. The second-order valence-electron chi connectivity index (χ2n) is 4.64. The van der Waals surface area contributed by atoms with Gasteiger partial charge in [-0.25, -0.2) is 0 Å². The van der Waals surface area contributed by atoms with Crippen LogP contribution in [0.4, 0.5) is 5.95 Å². The molecule has 0 atom stereocenters. The maximum absolute atomic E-state index is 11.5. The molecule has 1 saturated heterocycles. The second kappa shape index (κ2) is 7.05. The maximum atomic E-state index is 11.5. The first-order chi connectivity index (χ1) is 8.84. The summed E-state index contributed by atoms with van der Waals surface area (Å²) in [5, 5.41) is 15.6. The summed E-state index contributed by atoms with van der Waals surface area (Å²) in [6.07, 6.45) is 6.49. The second-order valence-corrected chi connectivity index (χ2v) is 4.64. The molecular formula is C11H20N6O. The lowest BCUT2D eigenvalue weighted by Crippen LogP contribution is -2.30. The van der Waals surface area contributed by atoms with Crippen molar-refractivity contribution in [3.8, 4) is 0 Å². The van der Waals surface area contributed by atoms with E-state index < -0.39 is 0 Å². The molecule has 0 spiro atoms. The number of likely N-dealkylation sites (tertiary alicyclic amines) is 1. The molecule has 0 radical (unpaired) electrons. The number of carbonyl (C=O) groups is 1. The number of hydrogen-bond acceptors (Lipinski definition) is 5. The van der Waals surface area contributed by atoms with Crippen molar-refractivity contribution in [3.05, 3.63) is 0 Å². The van der Waals surface area contributed by atoms with Crippen LogP contribution < -0.4 is 5.32 Å². The van der Waals surface area contributed by atoms with E-state index in [1.54, 1.807) is 0 Å². The fourth-order valence-electron chi connectivity index (χ4n) is 2.21. The van der Waals surface area contributed by atoms with Crippen LogP contribution in [0.25, 0.3) is 0 Å². The fourth-order valence-corrected chi connectivity index (χ4v) is 2.21. The number of H-pyrrole nitrogens is 1. The molecule has 0 saturated carbocycles. The molecule has 7 heteroatoms. The number of carbonyl (C=O) groups excluding carboxylic acids is 1. The van der Waals surface area contributed by atoms with Crippen molar-refractivity contribution in [2.75, 3.05) is 25.0 Å². The van der Waals surface area contributed by atoms with E-state index in [1.165, 1.54) is 32.4 Å². The number of amides is 1. The number of anilines is 1. The summed E-state index contributed by atoms with van der Waals surface area (Å²) in [7, 11) is 0. The Morgan fingerprint density at radius 2 is 2.11 bits per heavy atom. The van der Waals surface area contributed by atoms with Gasteiger partial charge >= 0.3 is 0 Å². The first-order valence-corrected chi connectivity index (χ1v) is 6.60. The SMILES string of the molecule is O=C(CCCCN1CCCCC1)Nc1nn[nH]n1. The van der Waals surface area contributed by atoms with Crippen molar-refractivity contribution >= 4 is 11.9 Å². The predicted octanol–water partition coefficient (Wildman–Crippen LogP) is 0.794. The summed E-state index contributed by atoms with van der Waals surface area (Å²) >= 11 is 0. The van der Waals surface area contributed by atoms with Gasteiger partial charge < -0.3 is 4.90 Å². The summed E-state index contributed by atoms with van der Waals surface area (Å²) in [5.74, 6) is 0.200. The minimum absolute atomic E-state index is 0.0463. The molecule has 1 aromatic rings. The topological polar surface area (TPSA) is 86.8 Å². The molecule has 1 aliphatic heterocycles. The van der Waals surface area contributed by atoms with E-state index in [-0.39, 0.29) is 11.9 Å². The third-order valence-electron chi connectivity index (χ3n) is 3.17. The van der Waals surface area contributed by atoms with Crippen LogP contribution in [0.5, 0.6) is 0 Å². The monoisotopic (exact) mass is 252 g/mol. The minimum atomic E-state index is -0.0463. The van der Waals surface area contributed by atoms with Crippen molar-refractivity contribution in [2.45, 2.75) is 38.5 Å². The van der Waals surface area contributed by atoms with Crippen LogP contribution in [-0.4, -0.2) is 51.1 Å². The first-order valence-electron chi connectivity index (χ1n) is 6.60. The van der Waals surface area contributed by atoms with Gasteiger partial charge in [-0.3, -0.25) is 10.1 Å². The Morgan fingerprint density at radius 1 is 1.28 bits per heavy atom. The van der Waals surface area contributed by atoms with Gasteiger partial charge in [-0.15, -0.1) is 5.10 Å². The number of aromatic amines is 1. The fraction of sp³-hybridized carbons (Fsp3) is 0.818. The largest absolute Gasteiger partial charge is 0.303 e. The summed E-state index contributed by atoms with van der Waals surface area (Å²) in [6, 6.07) is 0. The molecule has 1 amide bonds. The van der Waals surface area contributed by atoms with Crippen molar-refractivity contribution in [3.63, 3.8) is 0 Å². The lowest BCUT2D eigenvalue weighted by molar-refractivity contribution is -0.116. The van der Waals surface area contributed by atoms with Crippen molar-refractivity contribution in [1.82, 2.24) is 25.5 Å². The lowest BCUT2D eigenvalue weighted by atomic mass is 10.1. The van der Waals surface area contributed by atoms with Crippen LogP contribution in [0.1, 0.15) is 38.5 Å². The van der Waals surface area contributed by atoms with E-state index in [9.17, 15) is 4.79 Å². The van der Waals surface area contributed by atoms with Crippen LogP contribution in [0, 0.1) is 0 Å². The number of rotatable bonds is 6. The van der Waals surface area contributed by atoms with Crippen LogP contribution in [0.15, 0.2) is 0 Å². The normalized spacial score (nSPS) is 16.7. The van der Waals surface area contributed by atoms with E-state index >= 15 is 0 Å². The van der Waals surface area contributed by atoms with Gasteiger partial charge in [-0.05, 0) is 50.5 Å². The van der Waals surface area contributed by atoms with Gasteiger partial charge in [0.15, 0.2) is 0 Å². The molecule has 0 aromatic carbocycles. The van der Waals surface area contributed by atoms with Gasteiger partial charge in [0.05, 0.1) is 0 Å². The zero-order valence-corrected chi connectivity index (χ0v) is 10.6. The van der Waals surface area contributed by atoms with E-state index in [4.69, 9.17) is 0 Å². The predicted molar refractivity (Wildman–Crippen MR) is 66.9 cm³/mol. The van der Waals surface area contributed by atoms with Gasteiger partial charge in [0.1, 0.15) is 0 Å². The van der Waals surface area contributed by atoms with Crippen LogP contribution >= 0.6 is 0 Å². The Balaban J connectivity index is 1.53. The van der Waals surface area contributed by atoms with Crippen molar-refractivity contribution in [2.24, 2.45) is 0 Å². The zero-order valence-electron chi connectivity index (χ0n) is 10.6. The smallest absolute Gasteiger partial charge is 0.269 e. The summed E-state index contributed by atoms with van der Waals surface area (Å²) in [6.45, 7) is 3.54. The molecule has 7 nitrogen and oxygen atoms in total. The summed E-state index contributed by atoms with van der Waals surface area (Å²) in [4.78, 5) is 14.0. The highest BCUT2D eigenvalue weighted by molar-refractivity contribution is 5.88. The molecule has 1 aliphatic rings. The molecule has 0 unspecified atom stereocenters. The van der Waals surface area contributed by atoms with Crippen molar-refractivity contribution in [1.29, 1.82) is 0 Å². The lowest BCUT2D eigenvalue weighted by Gasteiger charge is -2.26. The molecule has 0 bridgehead atoms. The maximum Gasteiger partial charge on any atom is 0.269 e. The molecule has 2 rings (SSSR count). The number of aromatic nitrogens is 4. The number of hydrogen-bond donors (Lipinski definition) is 2. The van der Waals surface area contributed by atoms with E-state index in [0.717, 1.165) is 19.4 Å². The van der Waals surface area contributed by atoms with Gasteiger partial charge in [0.2, 0.25) is 5.91 Å². The number of tetrazole rings is 1. The number of piperidine rings is 1. The zero-order chi connectivity index (χ0) is 12.6. The van der Waals surface area contributed by atoms with Crippen LogP contribution in [0.3, 0.4) is 0 Å². The standard InChI is InChI=1S/C11H20N6O/c18-10(12-11-13-15-16-14-11)6-2-5-9-17-7-3-1-4-8-17/h1-9H2,(H2,12,13,14,15,16,18). The Hall–Kier alpha value is -1.50. The van der Waals surface area contributed by atoms with Gasteiger partial charge in [0, 0.05) is 6.42 Å². The van der Waals surface area contributed by atoms with Crippen LogP contribution in [0.2, 0.25) is 0 Å². The molecule has 18 heavy (non-hydrogen) atoms. The Bertz CT molecular complexity index is 346. The Morgan fingerprint density at radius 3 is 2.83 bits per heavy atom. The molecule has 2 N–H and O–H groups in total. The highest BCUT2D eigenvalue weighted by Gasteiger charge is 2.10.